The van der Waals surface area contributed by atoms with Gasteiger partial charge in [-0.05, 0) is 25.0 Å². The summed E-state index contributed by atoms with van der Waals surface area (Å²) < 4.78 is 12.2. The van der Waals surface area contributed by atoms with Crippen molar-refractivity contribution in [3.63, 3.8) is 0 Å². The van der Waals surface area contributed by atoms with E-state index in [9.17, 15) is 13.8 Å². The van der Waals surface area contributed by atoms with Gasteiger partial charge in [0.2, 0.25) is 5.91 Å². The van der Waals surface area contributed by atoms with E-state index >= 15 is 0 Å². The number of hydrogen-bond acceptors (Lipinski definition) is 4. The number of halogens is 1. The number of hydrogen-bond donors (Lipinski definition) is 1. The molecule has 1 aromatic rings. The van der Waals surface area contributed by atoms with Crippen LogP contribution in [0.3, 0.4) is 0 Å². The summed E-state index contributed by atoms with van der Waals surface area (Å²) in [6.07, 6.45) is 1.98. The van der Waals surface area contributed by atoms with Crippen LogP contribution in [0.2, 0.25) is 4.34 Å². The van der Waals surface area contributed by atoms with Gasteiger partial charge in [-0.25, -0.2) is 0 Å². The predicted octanol–water partition coefficient (Wildman–Crippen LogP) is 1.61. The molecule has 1 saturated carbocycles. The Bertz CT molecular complexity index is 496. The minimum atomic E-state index is -1.46. The van der Waals surface area contributed by atoms with Gasteiger partial charge in [0.05, 0.1) is 15.0 Å². The summed E-state index contributed by atoms with van der Waals surface area (Å²) in [7, 11) is -1.46. The lowest BCUT2D eigenvalue weighted by Gasteiger charge is -2.02. The van der Waals surface area contributed by atoms with Gasteiger partial charge in [0.25, 0.3) is 0 Å². The normalized spacial score (nSPS) is 16.3. The molecule has 1 aliphatic carbocycles. The zero-order valence-electron chi connectivity index (χ0n) is 9.48. The maximum absolute atomic E-state index is 11.7. The lowest BCUT2D eigenvalue weighted by molar-refractivity contribution is -0.118. The number of carbonyl (C=O) groups is 2. The fraction of sp³-hybridized carbons (Fsp3) is 0.455. The van der Waals surface area contributed by atoms with E-state index in [1.165, 1.54) is 0 Å². The summed E-state index contributed by atoms with van der Waals surface area (Å²) in [4.78, 5) is 23.6. The molecule has 1 aliphatic rings. The van der Waals surface area contributed by atoms with Gasteiger partial charge in [-0.15, -0.1) is 11.3 Å². The summed E-state index contributed by atoms with van der Waals surface area (Å²) in [5, 5.41) is 2.74. The van der Waals surface area contributed by atoms with Crippen LogP contribution in [-0.4, -0.2) is 33.4 Å². The molecule has 1 unspecified atom stereocenters. The van der Waals surface area contributed by atoms with E-state index in [0.29, 0.717) is 9.21 Å². The van der Waals surface area contributed by atoms with Crippen LogP contribution in [0.25, 0.3) is 0 Å². The largest absolute Gasteiger partial charge is 0.353 e. The summed E-state index contributed by atoms with van der Waals surface area (Å²) in [5.41, 5.74) is 0. The molecule has 0 bridgehead atoms. The zero-order valence-corrected chi connectivity index (χ0v) is 11.9. The third kappa shape index (κ3) is 4.19. The molecule has 1 heterocycles. The SMILES string of the molecule is O=C(CS(=O)CC(=O)c1ccc(Cl)s1)NC1CC1. The monoisotopic (exact) mass is 305 g/mol. The Labute approximate surface area is 116 Å². The molecule has 0 aliphatic heterocycles. The second-order valence-electron chi connectivity index (χ2n) is 4.10. The van der Waals surface area contributed by atoms with Crippen molar-refractivity contribution >= 4 is 45.4 Å². The van der Waals surface area contributed by atoms with E-state index < -0.39 is 10.8 Å². The molecule has 2 rings (SSSR count). The van der Waals surface area contributed by atoms with Crippen molar-refractivity contribution in [3.05, 3.63) is 21.3 Å². The van der Waals surface area contributed by atoms with Crippen LogP contribution in [0, 0.1) is 0 Å². The summed E-state index contributed by atoms with van der Waals surface area (Å²) >= 11 is 6.87. The fourth-order valence-electron chi connectivity index (χ4n) is 1.38. The Balaban J connectivity index is 1.79. The molecule has 1 amide bonds. The van der Waals surface area contributed by atoms with Crippen molar-refractivity contribution in [2.45, 2.75) is 18.9 Å². The number of rotatable bonds is 6. The number of amides is 1. The van der Waals surface area contributed by atoms with Gasteiger partial charge in [-0.3, -0.25) is 13.8 Å². The number of ketones is 1. The highest BCUT2D eigenvalue weighted by atomic mass is 35.5. The molecule has 98 valence electrons. The molecule has 4 nitrogen and oxygen atoms in total. The van der Waals surface area contributed by atoms with Crippen LogP contribution >= 0.6 is 22.9 Å². The lowest BCUT2D eigenvalue weighted by Crippen LogP contribution is -2.31. The second kappa shape index (κ2) is 5.95. The average Bonchev–Trinajstić information content (AvgIpc) is 2.96. The van der Waals surface area contributed by atoms with E-state index in [-0.39, 0.29) is 29.2 Å². The van der Waals surface area contributed by atoms with Gasteiger partial charge < -0.3 is 5.32 Å². The van der Waals surface area contributed by atoms with Gasteiger partial charge in [-0.2, -0.15) is 0 Å². The fourth-order valence-corrected chi connectivity index (χ4v) is 3.37. The number of Topliss-reactive ketones (excluding diaryl/α,β-unsaturated/α-hetero) is 1. The lowest BCUT2D eigenvalue weighted by atomic mass is 10.4. The first-order valence-electron chi connectivity index (χ1n) is 5.47. The van der Waals surface area contributed by atoms with Crippen LogP contribution in [-0.2, 0) is 15.6 Å². The minimum absolute atomic E-state index is 0.110. The average molecular weight is 306 g/mol. The third-order valence-electron chi connectivity index (χ3n) is 2.37. The quantitative estimate of drug-likeness (QED) is 0.812. The molecular formula is C11H12ClNO3S2. The van der Waals surface area contributed by atoms with Gasteiger partial charge in [-0.1, -0.05) is 11.6 Å². The molecule has 1 N–H and O–H groups in total. The van der Waals surface area contributed by atoms with E-state index in [2.05, 4.69) is 5.32 Å². The highest BCUT2D eigenvalue weighted by molar-refractivity contribution is 7.86. The third-order valence-corrected chi connectivity index (χ3v) is 4.82. The topological polar surface area (TPSA) is 63.2 Å². The summed E-state index contributed by atoms with van der Waals surface area (Å²) in [6.45, 7) is 0. The molecular weight excluding hydrogens is 294 g/mol. The van der Waals surface area contributed by atoms with Crippen LogP contribution < -0.4 is 5.32 Å². The predicted molar refractivity (Wildman–Crippen MR) is 72.7 cm³/mol. The first-order valence-corrected chi connectivity index (χ1v) is 8.15. The van der Waals surface area contributed by atoms with Crippen molar-refractivity contribution in [2.24, 2.45) is 0 Å². The van der Waals surface area contributed by atoms with Crippen molar-refractivity contribution in [1.82, 2.24) is 5.32 Å². The first-order chi connectivity index (χ1) is 8.54. The van der Waals surface area contributed by atoms with Crippen LogP contribution in [0.5, 0.6) is 0 Å². The van der Waals surface area contributed by atoms with E-state index in [1.807, 2.05) is 0 Å². The smallest absolute Gasteiger partial charge is 0.232 e. The Morgan fingerprint density at radius 3 is 2.67 bits per heavy atom. The Hall–Kier alpha value is -0.720. The van der Waals surface area contributed by atoms with Crippen LogP contribution in [0.4, 0.5) is 0 Å². The molecule has 7 heteroatoms. The Morgan fingerprint density at radius 2 is 2.11 bits per heavy atom. The van der Waals surface area contributed by atoms with Gasteiger partial charge in [0.15, 0.2) is 5.78 Å². The van der Waals surface area contributed by atoms with Crippen LogP contribution in [0.15, 0.2) is 12.1 Å². The molecule has 1 aromatic heterocycles. The molecule has 0 saturated heterocycles. The first kappa shape index (κ1) is 13.7. The van der Waals surface area contributed by atoms with Crippen LogP contribution in [0.1, 0.15) is 22.5 Å². The molecule has 0 aromatic carbocycles. The molecule has 1 fully saturated rings. The summed E-state index contributed by atoms with van der Waals surface area (Å²) in [6, 6.07) is 3.49. The van der Waals surface area contributed by atoms with Crippen molar-refractivity contribution in [2.75, 3.05) is 11.5 Å². The Morgan fingerprint density at radius 1 is 1.39 bits per heavy atom. The molecule has 0 spiro atoms. The van der Waals surface area contributed by atoms with Gasteiger partial charge in [0.1, 0.15) is 5.75 Å². The maximum atomic E-state index is 11.7. The van der Waals surface area contributed by atoms with Crippen molar-refractivity contribution < 1.29 is 13.8 Å². The van der Waals surface area contributed by atoms with E-state index in [4.69, 9.17) is 11.6 Å². The van der Waals surface area contributed by atoms with Crippen molar-refractivity contribution in [1.29, 1.82) is 0 Å². The second-order valence-corrected chi connectivity index (χ2v) is 7.27. The zero-order chi connectivity index (χ0) is 13.1. The van der Waals surface area contributed by atoms with E-state index in [0.717, 1.165) is 24.2 Å². The molecule has 18 heavy (non-hydrogen) atoms. The number of nitrogens with one attached hydrogen (secondary N) is 1. The molecule has 0 radical (unpaired) electrons. The van der Waals surface area contributed by atoms with Crippen molar-refractivity contribution in [3.8, 4) is 0 Å². The standard InChI is InChI=1S/C11H12ClNO3S2/c12-10-4-3-9(17-10)8(14)5-18(16)6-11(15)13-7-1-2-7/h3-4,7H,1-2,5-6H2,(H,13,15). The van der Waals surface area contributed by atoms with Gasteiger partial charge >= 0.3 is 0 Å². The molecule has 1 atom stereocenters. The number of thiophene rings is 1. The Kier molecular flexibility index (Phi) is 4.53. The highest BCUT2D eigenvalue weighted by Crippen LogP contribution is 2.22. The highest BCUT2D eigenvalue weighted by Gasteiger charge is 2.24. The van der Waals surface area contributed by atoms with Gasteiger partial charge in [0, 0.05) is 16.8 Å². The summed E-state index contributed by atoms with van der Waals surface area (Å²) in [5.74, 6) is -0.715. The number of carbonyl (C=O) groups excluding carboxylic acids is 2. The minimum Gasteiger partial charge on any atom is -0.353 e. The maximum Gasteiger partial charge on any atom is 0.232 e. The van der Waals surface area contributed by atoms with E-state index in [1.54, 1.807) is 12.1 Å².